The Kier molecular flexibility index (Phi) is 3.06. The van der Waals surface area contributed by atoms with Crippen LogP contribution in [-0.2, 0) is 0 Å². The summed E-state index contributed by atoms with van der Waals surface area (Å²) < 4.78 is 13.8. The Morgan fingerprint density at radius 2 is 1.67 bits per heavy atom. The van der Waals surface area contributed by atoms with E-state index in [1.807, 2.05) is 0 Å². The smallest absolute Gasteiger partial charge is 0.339 e. The summed E-state index contributed by atoms with van der Waals surface area (Å²) >= 11 is 0. The maximum absolute atomic E-state index is 13.8. The Labute approximate surface area is 119 Å². The molecule has 0 aliphatic rings. The molecule has 0 spiro atoms. The van der Waals surface area contributed by atoms with Crippen LogP contribution in [0.5, 0.6) is 5.75 Å². The average Bonchev–Trinajstić information content (AvgIpc) is 2.48. The first kappa shape index (κ1) is 13.1. The summed E-state index contributed by atoms with van der Waals surface area (Å²) in [6, 6.07) is 14.3. The molecule has 21 heavy (non-hydrogen) atoms. The third-order valence-electron chi connectivity index (χ3n) is 3.41. The van der Waals surface area contributed by atoms with Gasteiger partial charge in [-0.3, -0.25) is 0 Å². The van der Waals surface area contributed by atoms with E-state index in [1.54, 1.807) is 36.4 Å². The molecule has 0 fully saturated rings. The number of rotatable bonds is 2. The first-order valence-corrected chi connectivity index (χ1v) is 6.32. The maximum Gasteiger partial charge on any atom is 0.339 e. The Balaban J connectivity index is 2.29. The first-order valence-electron chi connectivity index (χ1n) is 6.32. The number of hydrogen-bond acceptors (Lipinski definition) is 2. The molecule has 0 saturated heterocycles. The van der Waals surface area contributed by atoms with Crippen LogP contribution in [-0.4, -0.2) is 16.2 Å². The van der Waals surface area contributed by atoms with Gasteiger partial charge in [-0.25, -0.2) is 9.18 Å². The van der Waals surface area contributed by atoms with Crippen molar-refractivity contribution >= 4 is 16.7 Å². The fourth-order valence-electron chi connectivity index (χ4n) is 2.39. The van der Waals surface area contributed by atoms with Crippen LogP contribution in [0.4, 0.5) is 4.39 Å². The standard InChI is InChI=1S/C17H11FO3/c18-15-7-6-11(12-3-1-2-4-13(12)15)10-5-8-16(19)14(9-10)17(20)21/h1-9,19H,(H,20,21). The lowest BCUT2D eigenvalue weighted by Gasteiger charge is -2.09. The summed E-state index contributed by atoms with van der Waals surface area (Å²) in [5.41, 5.74) is 1.15. The molecule has 0 saturated carbocycles. The van der Waals surface area contributed by atoms with Gasteiger partial charge in [0.25, 0.3) is 0 Å². The number of halogens is 1. The number of aromatic hydroxyl groups is 1. The Bertz CT molecular complexity index is 856. The van der Waals surface area contributed by atoms with Crippen molar-refractivity contribution in [3.63, 3.8) is 0 Å². The zero-order chi connectivity index (χ0) is 15.0. The van der Waals surface area contributed by atoms with Crippen molar-refractivity contribution in [2.45, 2.75) is 0 Å². The topological polar surface area (TPSA) is 57.5 Å². The minimum absolute atomic E-state index is 0.180. The Morgan fingerprint density at radius 3 is 2.38 bits per heavy atom. The van der Waals surface area contributed by atoms with Gasteiger partial charge in [0.15, 0.2) is 0 Å². The summed E-state index contributed by atoms with van der Waals surface area (Å²) in [5.74, 6) is -1.83. The maximum atomic E-state index is 13.8. The van der Waals surface area contributed by atoms with E-state index in [2.05, 4.69) is 0 Å². The molecule has 2 N–H and O–H groups in total. The fraction of sp³-hybridized carbons (Fsp3) is 0. The van der Waals surface area contributed by atoms with Crippen LogP contribution in [0.25, 0.3) is 21.9 Å². The largest absolute Gasteiger partial charge is 0.507 e. The van der Waals surface area contributed by atoms with E-state index in [9.17, 15) is 14.3 Å². The van der Waals surface area contributed by atoms with Gasteiger partial charge in [0.2, 0.25) is 0 Å². The summed E-state index contributed by atoms with van der Waals surface area (Å²) in [5, 5.41) is 19.8. The molecule has 0 aromatic heterocycles. The van der Waals surface area contributed by atoms with Crippen molar-refractivity contribution in [2.75, 3.05) is 0 Å². The van der Waals surface area contributed by atoms with Crippen LogP contribution in [0, 0.1) is 5.82 Å². The molecule has 0 unspecified atom stereocenters. The van der Waals surface area contributed by atoms with Crippen LogP contribution < -0.4 is 0 Å². The Hall–Kier alpha value is -2.88. The van der Waals surface area contributed by atoms with Gasteiger partial charge >= 0.3 is 5.97 Å². The van der Waals surface area contributed by atoms with Crippen LogP contribution in [0.15, 0.2) is 54.6 Å². The van der Waals surface area contributed by atoms with E-state index in [0.717, 1.165) is 5.56 Å². The molecule has 3 nitrogen and oxygen atoms in total. The van der Waals surface area contributed by atoms with E-state index in [-0.39, 0.29) is 17.1 Å². The lowest BCUT2D eigenvalue weighted by Crippen LogP contribution is -1.97. The first-order chi connectivity index (χ1) is 10.1. The zero-order valence-corrected chi connectivity index (χ0v) is 10.9. The number of fused-ring (bicyclic) bond motifs is 1. The van der Waals surface area contributed by atoms with Crippen molar-refractivity contribution in [1.82, 2.24) is 0 Å². The predicted octanol–water partition coefficient (Wildman–Crippen LogP) is 4.05. The van der Waals surface area contributed by atoms with E-state index in [1.165, 1.54) is 18.2 Å². The second-order valence-corrected chi connectivity index (χ2v) is 4.68. The number of carbonyl (C=O) groups is 1. The monoisotopic (exact) mass is 282 g/mol. The number of carboxylic acids is 1. The number of aromatic carboxylic acids is 1. The van der Waals surface area contributed by atoms with Crippen LogP contribution >= 0.6 is 0 Å². The summed E-state index contributed by atoms with van der Waals surface area (Å²) in [6.45, 7) is 0. The number of hydrogen-bond donors (Lipinski definition) is 2. The van der Waals surface area contributed by atoms with Gasteiger partial charge in [-0.1, -0.05) is 36.4 Å². The highest BCUT2D eigenvalue weighted by atomic mass is 19.1. The quantitative estimate of drug-likeness (QED) is 0.745. The minimum atomic E-state index is -1.21. The molecule has 104 valence electrons. The zero-order valence-electron chi connectivity index (χ0n) is 10.9. The molecular weight excluding hydrogens is 271 g/mol. The lowest BCUT2D eigenvalue weighted by atomic mass is 9.96. The van der Waals surface area contributed by atoms with Gasteiger partial charge in [0.05, 0.1) is 0 Å². The molecule has 4 heteroatoms. The molecule has 0 atom stereocenters. The third-order valence-corrected chi connectivity index (χ3v) is 3.41. The van der Waals surface area contributed by atoms with Crippen LogP contribution in [0.1, 0.15) is 10.4 Å². The van der Waals surface area contributed by atoms with Crippen molar-refractivity contribution in [2.24, 2.45) is 0 Å². The molecule has 0 aliphatic carbocycles. The number of benzene rings is 3. The normalized spacial score (nSPS) is 10.7. The third kappa shape index (κ3) is 2.21. The minimum Gasteiger partial charge on any atom is -0.507 e. The summed E-state index contributed by atoms with van der Waals surface area (Å²) in [6.07, 6.45) is 0. The number of phenols is 1. The van der Waals surface area contributed by atoms with Gasteiger partial charge in [-0.2, -0.15) is 0 Å². The molecule has 0 aliphatic heterocycles. The van der Waals surface area contributed by atoms with E-state index >= 15 is 0 Å². The molecule has 0 heterocycles. The average molecular weight is 282 g/mol. The van der Waals surface area contributed by atoms with E-state index in [0.29, 0.717) is 16.3 Å². The predicted molar refractivity (Wildman–Crippen MR) is 78.0 cm³/mol. The molecular formula is C17H11FO3. The van der Waals surface area contributed by atoms with E-state index < -0.39 is 5.97 Å². The molecule has 3 aromatic carbocycles. The highest BCUT2D eigenvalue weighted by molar-refractivity contribution is 5.99. The lowest BCUT2D eigenvalue weighted by molar-refractivity contribution is 0.0694. The molecule has 3 rings (SSSR count). The van der Waals surface area contributed by atoms with Crippen molar-refractivity contribution < 1.29 is 19.4 Å². The van der Waals surface area contributed by atoms with Crippen LogP contribution in [0.3, 0.4) is 0 Å². The van der Waals surface area contributed by atoms with Gasteiger partial charge in [0.1, 0.15) is 17.1 Å². The fourth-order valence-corrected chi connectivity index (χ4v) is 2.39. The molecule has 0 amide bonds. The highest BCUT2D eigenvalue weighted by Gasteiger charge is 2.13. The van der Waals surface area contributed by atoms with Gasteiger partial charge < -0.3 is 10.2 Å². The van der Waals surface area contributed by atoms with Gasteiger partial charge in [0, 0.05) is 5.39 Å². The summed E-state index contributed by atoms with van der Waals surface area (Å²) in [7, 11) is 0. The van der Waals surface area contributed by atoms with Crippen molar-refractivity contribution in [3.8, 4) is 16.9 Å². The van der Waals surface area contributed by atoms with E-state index in [4.69, 9.17) is 5.11 Å². The second kappa shape index (κ2) is 4.90. The van der Waals surface area contributed by atoms with Gasteiger partial charge in [-0.15, -0.1) is 0 Å². The molecule has 0 bridgehead atoms. The number of carboxylic acid groups (broad SMARTS) is 1. The highest BCUT2D eigenvalue weighted by Crippen LogP contribution is 2.32. The Morgan fingerprint density at radius 1 is 0.952 bits per heavy atom. The van der Waals surface area contributed by atoms with Crippen molar-refractivity contribution in [3.05, 3.63) is 66.0 Å². The van der Waals surface area contributed by atoms with Crippen LogP contribution in [0.2, 0.25) is 0 Å². The van der Waals surface area contributed by atoms with Crippen molar-refractivity contribution in [1.29, 1.82) is 0 Å². The molecule has 3 aromatic rings. The van der Waals surface area contributed by atoms with Gasteiger partial charge in [-0.05, 0) is 34.7 Å². The summed E-state index contributed by atoms with van der Waals surface area (Å²) in [4.78, 5) is 11.1. The second-order valence-electron chi connectivity index (χ2n) is 4.68. The SMILES string of the molecule is O=C(O)c1cc(-c2ccc(F)c3ccccc23)ccc1O. The molecule has 0 radical (unpaired) electrons.